The zero-order valence-electron chi connectivity index (χ0n) is 16.6. The van der Waals surface area contributed by atoms with Crippen molar-refractivity contribution in [3.05, 3.63) is 47.2 Å². The van der Waals surface area contributed by atoms with E-state index in [9.17, 15) is 17.6 Å². The fraction of sp³-hybridized carbons (Fsp3) is 0.500. The molecular formula is C20H26FN3O3S. The highest BCUT2D eigenvalue weighted by Gasteiger charge is 2.27. The number of rotatable bonds is 7. The van der Waals surface area contributed by atoms with Crippen molar-refractivity contribution in [2.45, 2.75) is 69.9 Å². The van der Waals surface area contributed by atoms with E-state index < -0.39 is 15.9 Å². The van der Waals surface area contributed by atoms with Crippen molar-refractivity contribution in [3.63, 3.8) is 0 Å². The number of aromatic nitrogens is 2. The van der Waals surface area contributed by atoms with Gasteiger partial charge in [0.05, 0.1) is 12.7 Å². The Balaban J connectivity index is 1.84. The lowest BCUT2D eigenvalue weighted by molar-refractivity contribution is -0.118. The van der Waals surface area contributed by atoms with Gasteiger partial charge in [-0.15, -0.1) is 0 Å². The lowest BCUT2D eigenvalue weighted by atomic mass is 9.87. The molecule has 0 spiro atoms. The van der Waals surface area contributed by atoms with Crippen LogP contribution >= 0.6 is 0 Å². The van der Waals surface area contributed by atoms with Crippen LogP contribution in [-0.4, -0.2) is 23.9 Å². The van der Waals surface area contributed by atoms with Gasteiger partial charge in [-0.1, -0.05) is 27.7 Å². The van der Waals surface area contributed by atoms with Gasteiger partial charge >= 0.3 is 0 Å². The molecule has 28 heavy (non-hydrogen) atoms. The molecular weight excluding hydrogens is 381 g/mol. The second kappa shape index (κ2) is 7.66. The average Bonchev–Trinajstić information content (AvgIpc) is 3.31. The molecule has 0 atom stereocenters. The van der Waals surface area contributed by atoms with E-state index in [1.54, 1.807) is 4.57 Å². The maximum absolute atomic E-state index is 14.0. The van der Waals surface area contributed by atoms with Crippen LogP contribution in [0, 0.1) is 5.82 Å². The summed E-state index contributed by atoms with van der Waals surface area (Å²) < 4.78 is 42.9. The Kier molecular flexibility index (Phi) is 5.61. The smallest absolute Gasteiger partial charge is 0.283 e. The number of hydrogen-bond donors (Lipinski definition) is 1. The van der Waals surface area contributed by atoms with E-state index in [0.717, 1.165) is 12.8 Å². The first-order valence-electron chi connectivity index (χ1n) is 9.49. The van der Waals surface area contributed by atoms with Gasteiger partial charge in [0.1, 0.15) is 5.82 Å². The summed E-state index contributed by atoms with van der Waals surface area (Å²) in [7, 11) is -4.04. The Morgan fingerprint density at radius 1 is 1.21 bits per heavy atom. The van der Waals surface area contributed by atoms with Crippen molar-refractivity contribution < 1.29 is 17.6 Å². The second-order valence-electron chi connectivity index (χ2n) is 7.97. The lowest BCUT2D eigenvalue weighted by Crippen LogP contribution is -2.32. The number of sulfonamides is 1. The molecule has 3 rings (SSSR count). The number of benzene rings is 1. The quantitative estimate of drug-likeness (QED) is 0.760. The Bertz CT molecular complexity index is 963. The molecule has 0 aliphatic heterocycles. The van der Waals surface area contributed by atoms with Crippen LogP contribution in [0.25, 0.3) is 0 Å². The third-order valence-corrected chi connectivity index (χ3v) is 6.19. The maximum Gasteiger partial charge on any atom is 0.283 e. The van der Waals surface area contributed by atoms with Crippen molar-refractivity contribution >= 4 is 15.9 Å². The number of amides is 1. The van der Waals surface area contributed by atoms with Crippen molar-refractivity contribution in [1.82, 2.24) is 14.3 Å². The molecule has 0 unspecified atom stereocenters. The number of halogens is 1. The van der Waals surface area contributed by atoms with Crippen LogP contribution in [0.4, 0.5) is 4.39 Å². The summed E-state index contributed by atoms with van der Waals surface area (Å²) in [5.74, 6) is -1.00. The molecule has 1 aromatic carbocycles. The van der Waals surface area contributed by atoms with Gasteiger partial charge in [-0.2, -0.15) is 8.42 Å². The highest BCUT2D eigenvalue weighted by Crippen LogP contribution is 2.35. The molecule has 1 aliphatic carbocycles. The van der Waals surface area contributed by atoms with E-state index in [-0.39, 0.29) is 29.1 Å². The molecule has 0 bridgehead atoms. The average molecular weight is 408 g/mol. The molecule has 1 amide bonds. The minimum absolute atomic E-state index is 0.00171. The van der Waals surface area contributed by atoms with Gasteiger partial charge in [0.15, 0.2) is 5.03 Å². The summed E-state index contributed by atoms with van der Waals surface area (Å²) in [5.41, 5.74) is 2.12. The molecule has 1 aromatic heterocycles. The molecule has 2 aromatic rings. The fourth-order valence-corrected chi connectivity index (χ4v) is 4.26. The largest absolute Gasteiger partial charge is 0.333 e. The highest BCUT2D eigenvalue weighted by molar-refractivity contribution is 7.90. The molecule has 0 radical (unpaired) electrons. The van der Waals surface area contributed by atoms with E-state index in [1.165, 1.54) is 24.7 Å². The first kappa shape index (κ1) is 20.5. The molecule has 6 nitrogen and oxygen atoms in total. The Morgan fingerprint density at radius 2 is 1.79 bits per heavy atom. The molecule has 152 valence electrons. The summed E-state index contributed by atoms with van der Waals surface area (Å²) >= 11 is 0. The Morgan fingerprint density at radius 3 is 2.29 bits per heavy atom. The van der Waals surface area contributed by atoms with E-state index in [2.05, 4.69) is 9.71 Å². The van der Waals surface area contributed by atoms with Crippen molar-refractivity contribution in [3.8, 4) is 0 Å². The minimum Gasteiger partial charge on any atom is -0.333 e. The number of nitrogens with one attached hydrogen (secondary N) is 1. The third kappa shape index (κ3) is 4.43. The first-order chi connectivity index (χ1) is 13.1. The van der Waals surface area contributed by atoms with Crippen LogP contribution in [0.15, 0.2) is 29.7 Å². The van der Waals surface area contributed by atoms with Crippen LogP contribution in [0.2, 0.25) is 0 Å². The van der Waals surface area contributed by atoms with Crippen molar-refractivity contribution in [2.24, 2.45) is 0 Å². The monoisotopic (exact) mass is 407 g/mol. The normalized spacial score (nSPS) is 14.7. The second-order valence-corrected chi connectivity index (χ2v) is 9.60. The standard InChI is InChI=1S/C20H26FN3O3S/c1-12(2)16-7-14(21)8-17(13(3)4)18(16)9-19(25)23-28(26,27)20-10-24(11-22-20)15-5-6-15/h7-8,10-13,15H,5-6,9H2,1-4H3,(H,23,25). The number of carbonyl (C=O) groups is 1. The maximum atomic E-state index is 14.0. The zero-order chi connectivity index (χ0) is 20.6. The van der Waals surface area contributed by atoms with Gasteiger partial charge in [0.2, 0.25) is 5.91 Å². The topological polar surface area (TPSA) is 81.1 Å². The molecule has 1 heterocycles. The zero-order valence-corrected chi connectivity index (χ0v) is 17.4. The minimum atomic E-state index is -4.04. The fourth-order valence-electron chi connectivity index (χ4n) is 3.34. The number of carbonyl (C=O) groups excluding carboxylic acids is 1. The number of hydrogen-bond acceptors (Lipinski definition) is 4. The number of nitrogens with zero attached hydrogens (tertiary/aromatic N) is 2. The number of imidazole rings is 1. The molecule has 1 aliphatic rings. The Labute approximate surface area is 165 Å². The van der Waals surface area contributed by atoms with E-state index in [1.807, 2.05) is 27.7 Å². The SMILES string of the molecule is CC(C)c1cc(F)cc(C(C)C)c1CC(=O)NS(=O)(=O)c1cn(C2CC2)cn1. The summed E-state index contributed by atoms with van der Waals surface area (Å²) in [6.45, 7) is 7.67. The molecule has 1 saturated carbocycles. The van der Waals surface area contributed by atoms with Gasteiger partial charge in [-0.3, -0.25) is 4.79 Å². The summed E-state index contributed by atoms with van der Waals surface area (Å²) in [4.78, 5) is 16.5. The van der Waals surface area contributed by atoms with E-state index in [4.69, 9.17) is 0 Å². The highest BCUT2D eigenvalue weighted by atomic mass is 32.2. The predicted octanol–water partition coefficient (Wildman–Crippen LogP) is 3.65. The predicted molar refractivity (Wildman–Crippen MR) is 104 cm³/mol. The van der Waals surface area contributed by atoms with Gasteiger partial charge in [-0.05, 0) is 53.5 Å². The van der Waals surface area contributed by atoms with E-state index >= 15 is 0 Å². The van der Waals surface area contributed by atoms with Crippen LogP contribution < -0.4 is 4.72 Å². The molecule has 0 saturated heterocycles. The summed E-state index contributed by atoms with van der Waals surface area (Å²) in [6, 6.07) is 3.14. The van der Waals surface area contributed by atoms with E-state index in [0.29, 0.717) is 22.7 Å². The van der Waals surface area contributed by atoms with Crippen molar-refractivity contribution in [1.29, 1.82) is 0 Å². The lowest BCUT2D eigenvalue weighted by Gasteiger charge is -2.19. The third-order valence-electron chi connectivity index (χ3n) is 4.93. The summed E-state index contributed by atoms with van der Waals surface area (Å²) in [5, 5.41) is -0.167. The van der Waals surface area contributed by atoms with Gasteiger partial charge in [0.25, 0.3) is 10.0 Å². The molecule has 8 heteroatoms. The van der Waals surface area contributed by atoms with Gasteiger partial charge < -0.3 is 4.57 Å². The first-order valence-corrected chi connectivity index (χ1v) is 11.0. The van der Waals surface area contributed by atoms with Crippen LogP contribution in [0.3, 0.4) is 0 Å². The van der Waals surface area contributed by atoms with Crippen LogP contribution in [-0.2, 0) is 21.2 Å². The molecule has 1 fully saturated rings. The Hall–Kier alpha value is -2.22. The van der Waals surface area contributed by atoms with Gasteiger partial charge in [-0.25, -0.2) is 14.1 Å². The molecule has 1 N–H and O–H groups in total. The van der Waals surface area contributed by atoms with Crippen LogP contribution in [0.1, 0.15) is 75.1 Å². The van der Waals surface area contributed by atoms with Crippen LogP contribution in [0.5, 0.6) is 0 Å². The van der Waals surface area contributed by atoms with Gasteiger partial charge in [0, 0.05) is 12.2 Å². The van der Waals surface area contributed by atoms with Crippen molar-refractivity contribution in [2.75, 3.05) is 0 Å². The summed E-state index contributed by atoms with van der Waals surface area (Å²) in [6.07, 6.45) is 4.80.